The molecule has 6 heteroatoms. The zero-order valence-corrected chi connectivity index (χ0v) is 8.97. The van der Waals surface area contributed by atoms with E-state index in [1.165, 1.54) is 0 Å². The van der Waals surface area contributed by atoms with E-state index in [0.717, 1.165) is 0 Å². The monoisotopic (exact) mass is 250 g/mol. The summed E-state index contributed by atoms with van der Waals surface area (Å²) >= 11 is 21.1. The van der Waals surface area contributed by atoms with E-state index in [4.69, 9.17) is 46.4 Å². The Balaban J connectivity index is 3.76. The van der Waals surface area contributed by atoms with Gasteiger partial charge in [-0.05, 0) is 36.0 Å². The summed E-state index contributed by atoms with van der Waals surface area (Å²) in [4.78, 5) is 20.8. The summed E-state index contributed by atoms with van der Waals surface area (Å²) in [7, 11) is 0. The molecule has 0 aromatic carbocycles. The van der Waals surface area contributed by atoms with Gasteiger partial charge in [0, 0.05) is 6.42 Å². The Bertz CT molecular complexity index is 190. The van der Waals surface area contributed by atoms with Gasteiger partial charge in [0.05, 0.1) is 0 Å². The molecule has 0 fully saturated rings. The highest BCUT2D eigenvalue weighted by Crippen LogP contribution is 2.30. The van der Waals surface area contributed by atoms with Crippen LogP contribution in [-0.2, 0) is 9.59 Å². The van der Waals surface area contributed by atoms with Gasteiger partial charge in [-0.1, -0.05) is 23.2 Å². The Morgan fingerprint density at radius 1 is 1.17 bits per heavy atom. The van der Waals surface area contributed by atoms with Crippen LogP contribution in [0.25, 0.3) is 0 Å². The van der Waals surface area contributed by atoms with Crippen molar-refractivity contribution in [2.45, 2.75) is 23.6 Å². The van der Waals surface area contributed by atoms with Crippen LogP contribution in [0.1, 0.15) is 19.3 Å². The molecule has 0 aliphatic carbocycles. The Kier molecular flexibility index (Phi) is 5.50. The van der Waals surface area contributed by atoms with Crippen LogP contribution in [-0.4, -0.2) is 14.8 Å². The minimum absolute atomic E-state index is 0.122. The van der Waals surface area contributed by atoms with E-state index in [1.54, 1.807) is 0 Å². The predicted molar refractivity (Wildman–Crippen MR) is 50.0 cm³/mol. The molecule has 0 bridgehead atoms. The largest absolute Gasteiger partial charge is 0.281 e. The molecule has 0 saturated carbocycles. The van der Waals surface area contributed by atoms with Crippen molar-refractivity contribution in [3.05, 3.63) is 0 Å². The number of hydrogen-bond donors (Lipinski definition) is 0. The topological polar surface area (TPSA) is 34.1 Å². The summed E-state index contributed by atoms with van der Waals surface area (Å²) in [5.74, 6) is 0. The second-order valence-electron chi connectivity index (χ2n) is 2.19. The molecular weight excluding hydrogens is 246 g/mol. The van der Waals surface area contributed by atoms with E-state index in [0.29, 0.717) is 6.42 Å². The van der Waals surface area contributed by atoms with E-state index in [-0.39, 0.29) is 12.8 Å². The van der Waals surface area contributed by atoms with Crippen molar-refractivity contribution in [1.29, 1.82) is 0 Å². The van der Waals surface area contributed by atoms with Gasteiger partial charge < -0.3 is 0 Å². The van der Waals surface area contributed by atoms with Crippen molar-refractivity contribution in [1.82, 2.24) is 0 Å². The van der Waals surface area contributed by atoms with Crippen molar-refractivity contribution >= 4 is 56.9 Å². The summed E-state index contributed by atoms with van der Waals surface area (Å²) in [5, 5.41) is -1.32. The molecule has 0 rings (SSSR count). The summed E-state index contributed by atoms with van der Waals surface area (Å²) in [6.45, 7) is 0. The molecule has 0 radical (unpaired) electrons. The van der Waals surface area contributed by atoms with Crippen LogP contribution < -0.4 is 0 Å². The molecule has 0 aliphatic rings. The van der Waals surface area contributed by atoms with Crippen molar-refractivity contribution in [3.8, 4) is 0 Å². The molecule has 0 N–H and O–H groups in total. The van der Waals surface area contributed by atoms with Crippen molar-refractivity contribution in [2.75, 3.05) is 0 Å². The van der Waals surface area contributed by atoms with E-state index in [9.17, 15) is 9.59 Å². The third-order valence-corrected chi connectivity index (χ3v) is 2.58. The lowest BCUT2D eigenvalue weighted by Crippen LogP contribution is -2.21. The third-order valence-electron chi connectivity index (χ3n) is 1.15. The van der Waals surface area contributed by atoms with Crippen LogP contribution in [0.5, 0.6) is 0 Å². The highest BCUT2D eigenvalue weighted by Gasteiger charge is 2.31. The maximum atomic E-state index is 10.5. The van der Waals surface area contributed by atoms with Gasteiger partial charge in [-0.25, -0.2) is 0 Å². The molecule has 0 aromatic heterocycles. The summed E-state index contributed by atoms with van der Waals surface area (Å²) in [6, 6.07) is 0. The maximum absolute atomic E-state index is 10.5. The highest BCUT2D eigenvalue weighted by atomic mass is 35.5. The van der Waals surface area contributed by atoms with Crippen molar-refractivity contribution in [2.24, 2.45) is 0 Å². The lowest BCUT2D eigenvalue weighted by Gasteiger charge is -2.12. The fourth-order valence-corrected chi connectivity index (χ4v) is 1.04. The first-order valence-corrected chi connectivity index (χ1v) is 4.63. The van der Waals surface area contributed by atoms with Crippen LogP contribution >= 0.6 is 46.4 Å². The molecule has 0 atom stereocenters. The van der Waals surface area contributed by atoms with Gasteiger partial charge in [0.25, 0.3) is 5.24 Å². The number of alkyl halides is 2. The summed E-state index contributed by atoms with van der Waals surface area (Å²) < 4.78 is -1.60. The molecule has 0 unspecified atom stereocenters. The Hall–Kier alpha value is 0.500. The van der Waals surface area contributed by atoms with Crippen LogP contribution in [0.3, 0.4) is 0 Å². The van der Waals surface area contributed by atoms with E-state index >= 15 is 0 Å². The molecule has 0 heterocycles. The Labute approximate surface area is 90.1 Å². The smallest absolute Gasteiger partial charge is 0.257 e. The van der Waals surface area contributed by atoms with E-state index < -0.39 is 14.8 Å². The first-order chi connectivity index (χ1) is 5.36. The fourth-order valence-electron chi connectivity index (χ4n) is 0.548. The lowest BCUT2D eigenvalue weighted by molar-refractivity contribution is -0.113. The third kappa shape index (κ3) is 5.20. The van der Waals surface area contributed by atoms with Gasteiger partial charge in [-0.2, -0.15) is 0 Å². The standard InChI is InChI=1S/C6H6Cl4O2/c7-4(11)2-1-3-6(9,10)5(8)12/h1-3H2. The number of carbonyl (C=O) groups excluding carboxylic acids is 2. The molecule has 70 valence electrons. The van der Waals surface area contributed by atoms with Crippen molar-refractivity contribution < 1.29 is 9.59 Å². The van der Waals surface area contributed by atoms with Crippen molar-refractivity contribution in [3.63, 3.8) is 0 Å². The molecule has 0 aliphatic heterocycles. The van der Waals surface area contributed by atoms with Gasteiger partial charge in [-0.15, -0.1) is 0 Å². The first kappa shape index (κ1) is 12.5. The molecule has 12 heavy (non-hydrogen) atoms. The average Bonchev–Trinajstić information content (AvgIpc) is 1.85. The number of carbonyl (C=O) groups is 2. The predicted octanol–water partition coefficient (Wildman–Crippen LogP) is 2.86. The molecular formula is C6H6Cl4O2. The van der Waals surface area contributed by atoms with Crippen LogP contribution in [0, 0.1) is 0 Å². The zero-order chi connectivity index (χ0) is 9.78. The van der Waals surface area contributed by atoms with Gasteiger partial charge in [0.2, 0.25) is 5.24 Å². The summed E-state index contributed by atoms with van der Waals surface area (Å²) in [6.07, 6.45) is 0.595. The average molecular weight is 252 g/mol. The van der Waals surface area contributed by atoms with Gasteiger partial charge >= 0.3 is 0 Å². The molecule has 0 spiro atoms. The van der Waals surface area contributed by atoms with Gasteiger partial charge in [0.15, 0.2) is 4.33 Å². The van der Waals surface area contributed by atoms with Gasteiger partial charge in [0.1, 0.15) is 0 Å². The molecule has 0 amide bonds. The fraction of sp³-hybridized carbons (Fsp3) is 0.667. The normalized spacial score (nSPS) is 11.3. The molecule has 0 saturated heterocycles. The van der Waals surface area contributed by atoms with Gasteiger partial charge in [-0.3, -0.25) is 9.59 Å². The molecule has 0 aromatic rings. The number of halogens is 4. The quantitative estimate of drug-likeness (QED) is 0.556. The second-order valence-corrected chi connectivity index (χ2v) is 4.44. The Morgan fingerprint density at radius 2 is 1.67 bits per heavy atom. The zero-order valence-electron chi connectivity index (χ0n) is 5.95. The Morgan fingerprint density at radius 3 is 2.00 bits per heavy atom. The second kappa shape index (κ2) is 5.28. The highest BCUT2D eigenvalue weighted by molar-refractivity contribution is 6.78. The molecule has 2 nitrogen and oxygen atoms in total. The van der Waals surface area contributed by atoms with Crippen LogP contribution in [0.4, 0.5) is 0 Å². The van der Waals surface area contributed by atoms with Crippen LogP contribution in [0.2, 0.25) is 0 Å². The minimum atomic E-state index is -1.60. The summed E-state index contributed by atoms with van der Waals surface area (Å²) in [5.41, 5.74) is 0. The maximum Gasteiger partial charge on any atom is 0.257 e. The SMILES string of the molecule is O=C(Cl)CCCC(Cl)(Cl)C(=O)Cl. The lowest BCUT2D eigenvalue weighted by atomic mass is 10.2. The van der Waals surface area contributed by atoms with E-state index in [2.05, 4.69) is 0 Å². The first-order valence-electron chi connectivity index (χ1n) is 3.12. The van der Waals surface area contributed by atoms with Crippen LogP contribution in [0.15, 0.2) is 0 Å². The number of rotatable bonds is 5. The number of hydrogen-bond acceptors (Lipinski definition) is 2. The van der Waals surface area contributed by atoms with E-state index in [1.807, 2.05) is 0 Å². The minimum Gasteiger partial charge on any atom is -0.281 e.